The van der Waals surface area contributed by atoms with E-state index >= 15 is 0 Å². The second-order valence-corrected chi connectivity index (χ2v) is 39.2. The van der Waals surface area contributed by atoms with Gasteiger partial charge >= 0.3 is 34.6 Å². The van der Waals surface area contributed by atoms with Gasteiger partial charge in [0.2, 0.25) is 7.83 Å². The van der Waals surface area contributed by atoms with E-state index in [9.17, 15) is 0 Å². The quantitative estimate of drug-likeness (QED) is 0.149. The van der Waals surface area contributed by atoms with Gasteiger partial charge in [0.05, 0.1) is 0 Å². The molecule has 0 aliphatic carbocycles. The fraction of sp³-hybridized carbons (Fsp3) is 0.163. The van der Waals surface area contributed by atoms with Crippen molar-refractivity contribution in [3.8, 4) is 0 Å². The Morgan fingerprint density at radius 1 is 0.417 bits per heavy atom. The zero-order chi connectivity index (χ0) is 34.0. The Morgan fingerprint density at radius 3 is 0.938 bits per heavy atom. The molecule has 0 saturated heterocycles. The first kappa shape index (κ1) is 36.0. The van der Waals surface area contributed by atoms with Crippen molar-refractivity contribution in [1.82, 2.24) is 0 Å². The van der Waals surface area contributed by atoms with Crippen LogP contribution in [-0.2, 0) is 4.43 Å². The van der Waals surface area contributed by atoms with Crippen molar-refractivity contribution < 1.29 is 4.43 Å². The van der Waals surface area contributed by atoms with Crippen LogP contribution in [0.4, 0.5) is 0 Å². The topological polar surface area (TPSA) is 9.23 Å². The molecule has 0 atom stereocenters. The van der Waals surface area contributed by atoms with Gasteiger partial charge in [0.25, 0.3) is 0 Å². The Hall–Kier alpha value is -3.27. The van der Waals surface area contributed by atoms with Gasteiger partial charge in [-0.1, -0.05) is 203 Å². The monoisotopic (exact) mass is 784 g/mol. The first-order chi connectivity index (χ1) is 23.2. The molecule has 1 nitrogen and oxygen atoms in total. The molecule has 0 unspecified atom stereocenters. The average molecular weight is 784 g/mol. The third kappa shape index (κ3) is 7.79. The van der Waals surface area contributed by atoms with E-state index in [4.69, 9.17) is 4.43 Å². The summed E-state index contributed by atoms with van der Waals surface area (Å²) in [4.78, 5) is 7.09. The number of rotatable bonds is 9. The summed E-state index contributed by atoms with van der Waals surface area (Å²) in [6, 6.07) is 68.1. The molecule has 0 aromatic heterocycles. The first-order valence-electron chi connectivity index (χ1n) is 16.9. The summed E-state index contributed by atoms with van der Waals surface area (Å²) in [6.45, 7) is 6.73. The van der Waals surface area contributed by atoms with Gasteiger partial charge in [-0.25, -0.2) is 0 Å². The summed E-state index contributed by atoms with van der Waals surface area (Å²) in [7, 11) is -7.75. The van der Waals surface area contributed by atoms with E-state index < -0.39 is 48.6 Å². The molecule has 0 bridgehead atoms. The van der Waals surface area contributed by atoms with Crippen LogP contribution in [-0.4, -0.2) is 48.6 Å². The summed E-state index contributed by atoms with van der Waals surface area (Å²) < 4.78 is 8.02. The van der Waals surface area contributed by atoms with E-state index in [1.54, 1.807) is 0 Å². The maximum atomic E-state index is 8.02. The van der Waals surface area contributed by atoms with Gasteiger partial charge < -0.3 is 4.43 Å². The van der Waals surface area contributed by atoms with Gasteiger partial charge in [-0.15, -0.1) is 0 Å². The third-order valence-corrected chi connectivity index (χ3v) is 35.6. The van der Waals surface area contributed by atoms with Crippen LogP contribution in [0, 0.1) is 0 Å². The Balaban J connectivity index is 0.00000107. The molecule has 0 saturated carbocycles. The van der Waals surface area contributed by atoms with Crippen molar-refractivity contribution >= 4 is 74.1 Å². The summed E-state index contributed by atoms with van der Waals surface area (Å²) in [5.74, 6) is 0. The molecular weight excluding hydrogens is 735 g/mol. The molecule has 48 heavy (non-hydrogen) atoms. The van der Waals surface area contributed by atoms with Crippen LogP contribution in [0.15, 0.2) is 182 Å². The van der Waals surface area contributed by atoms with Crippen molar-refractivity contribution in [2.24, 2.45) is 0 Å². The molecule has 0 N–H and O–H groups in total. The summed E-state index contributed by atoms with van der Waals surface area (Å²) in [6.07, 6.45) is 0. The summed E-state index contributed by atoms with van der Waals surface area (Å²) in [5.41, 5.74) is -0.403. The van der Waals surface area contributed by atoms with Crippen LogP contribution < -0.4 is 31.1 Å². The Morgan fingerprint density at radius 2 is 0.667 bits per heavy atom. The Bertz CT molecular complexity index is 1670. The van der Waals surface area contributed by atoms with E-state index in [0.29, 0.717) is 0 Å². The minimum absolute atomic E-state index is 0.403. The molecule has 0 fully saturated rings. The molecule has 0 aliphatic rings. The molecule has 0 spiro atoms. The molecular formula is C43H48OSi3Sn. The SMILES string of the molecule is CC(C)(C)O[Si](c1ccccc1)(c1ccccc1)[Si](c1ccccc1)(c1ccccc1)[Si](c1ccccc1)c1ccccc1.[CH3][Sn]([CH3])[CH3]. The van der Waals surface area contributed by atoms with E-state index in [1.165, 1.54) is 31.1 Å². The van der Waals surface area contributed by atoms with Gasteiger partial charge in [0.1, 0.15) is 8.31 Å². The normalized spacial score (nSPS) is 12.0. The predicted octanol–water partition coefficient (Wildman–Crippen LogP) is 6.66. The average Bonchev–Trinajstić information content (AvgIpc) is 3.11. The predicted molar refractivity (Wildman–Crippen MR) is 218 cm³/mol. The van der Waals surface area contributed by atoms with Crippen molar-refractivity contribution in [1.29, 1.82) is 0 Å². The van der Waals surface area contributed by atoms with E-state index in [-0.39, 0.29) is 0 Å². The van der Waals surface area contributed by atoms with Crippen LogP contribution in [0.2, 0.25) is 14.8 Å². The maximum absolute atomic E-state index is 8.02. The van der Waals surface area contributed by atoms with E-state index in [2.05, 4.69) is 218 Å². The van der Waals surface area contributed by atoms with Gasteiger partial charge in [-0.3, -0.25) is 0 Å². The minimum atomic E-state index is -3.19. The molecule has 6 rings (SSSR count). The zero-order valence-corrected chi connectivity index (χ0v) is 35.1. The summed E-state index contributed by atoms with van der Waals surface area (Å²) >= 11 is -0.543. The number of benzene rings is 6. The second kappa shape index (κ2) is 16.4. The molecule has 0 aliphatic heterocycles. The fourth-order valence-electron chi connectivity index (χ4n) is 6.82. The first-order valence-corrected chi connectivity index (χ1v) is 32.8. The number of hydrogen-bond acceptors (Lipinski definition) is 1. The van der Waals surface area contributed by atoms with Gasteiger partial charge in [0.15, 0.2) is 7.11 Å². The Labute approximate surface area is 299 Å². The van der Waals surface area contributed by atoms with Crippen LogP contribution in [0.3, 0.4) is 0 Å². The standard InChI is InChI=1S/C40H39OSi3.3CH3.Sn/c1-40(2,3)41-43(36-26-14-6-15-27-36,37-28-16-7-17-29-37)44(38-30-18-8-19-31-38,39-32-20-9-21-33-39)42(34-22-10-4-11-23-34)35-24-12-5-13-25-35;;;;/h4-33H,1-3H3;3*1H3;. The van der Waals surface area contributed by atoms with Crippen LogP contribution in [0.5, 0.6) is 0 Å². The molecule has 0 heterocycles. The summed E-state index contributed by atoms with van der Waals surface area (Å²) in [5, 5.41) is 8.35. The fourth-order valence-corrected chi connectivity index (χ4v) is 41.0. The molecule has 6 aromatic rings. The van der Waals surface area contributed by atoms with Crippen molar-refractivity contribution in [3.05, 3.63) is 182 Å². The molecule has 2 radical (unpaired) electrons. The van der Waals surface area contributed by atoms with Gasteiger partial charge in [-0.05, 0) is 31.1 Å². The molecule has 242 valence electrons. The Kier molecular flexibility index (Phi) is 12.3. The zero-order valence-electron chi connectivity index (χ0n) is 29.2. The van der Waals surface area contributed by atoms with Crippen molar-refractivity contribution in [2.75, 3.05) is 0 Å². The molecule has 0 amide bonds. The van der Waals surface area contributed by atoms with Gasteiger partial charge in [0, 0.05) is 5.60 Å². The van der Waals surface area contributed by atoms with Crippen LogP contribution in [0.1, 0.15) is 20.8 Å². The van der Waals surface area contributed by atoms with Gasteiger partial charge in [-0.2, -0.15) is 0 Å². The van der Waals surface area contributed by atoms with Crippen LogP contribution in [0.25, 0.3) is 0 Å². The number of hydrogen-bond donors (Lipinski definition) is 0. The van der Waals surface area contributed by atoms with E-state index in [1.807, 2.05) is 0 Å². The molecule has 5 heteroatoms. The molecule has 6 aromatic carbocycles. The van der Waals surface area contributed by atoms with Crippen molar-refractivity contribution in [2.45, 2.75) is 41.2 Å². The van der Waals surface area contributed by atoms with Crippen LogP contribution >= 0.6 is 0 Å². The van der Waals surface area contributed by atoms with E-state index in [0.717, 1.165) is 0 Å². The van der Waals surface area contributed by atoms with Crippen molar-refractivity contribution in [3.63, 3.8) is 0 Å². The second-order valence-electron chi connectivity index (χ2n) is 13.7. The third-order valence-electron chi connectivity index (χ3n) is 8.26.